The van der Waals surface area contributed by atoms with E-state index in [1.165, 1.54) is 37.1 Å². The van der Waals surface area contributed by atoms with Crippen LogP contribution in [0.1, 0.15) is 36.9 Å². The maximum Gasteiger partial charge on any atom is 0.257 e. The molecule has 6 nitrogen and oxygen atoms in total. The highest BCUT2D eigenvalue weighted by atomic mass is 16.5. The summed E-state index contributed by atoms with van der Waals surface area (Å²) in [5.41, 5.74) is 5.48. The topological polar surface area (TPSA) is 59.5 Å². The molecule has 0 saturated carbocycles. The summed E-state index contributed by atoms with van der Waals surface area (Å²) in [5.74, 6) is 1.14. The number of aromatic nitrogens is 2. The Kier molecular flexibility index (Phi) is 4.85. The van der Waals surface area contributed by atoms with Gasteiger partial charge >= 0.3 is 0 Å². The van der Waals surface area contributed by atoms with Crippen molar-refractivity contribution in [1.29, 1.82) is 0 Å². The molecule has 0 radical (unpaired) electrons. The van der Waals surface area contributed by atoms with E-state index in [-0.39, 0.29) is 0 Å². The number of pyridine rings is 2. The van der Waals surface area contributed by atoms with Gasteiger partial charge in [-0.25, -0.2) is 4.98 Å². The predicted octanol–water partition coefficient (Wildman–Crippen LogP) is 3.03. The summed E-state index contributed by atoms with van der Waals surface area (Å²) < 4.78 is 10.9. The summed E-state index contributed by atoms with van der Waals surface area (Å²) in [4.78, 5) is 12.1. The highest BCUT2D eigenvalue weighted by Crippen LogP contribution is 2.37. The van der Waals surface area contributed by atoms with E-state index in [0.717, 1.165) is 42.5 Å². The monoisotopic (exact) mass is 356 g/mol. The third-order valence-electron chi connectivity index (χ3n) is 5.55. The van der Waals surface area contributed by atoms with Crippen molar-refractivity contribution >= 4 is 16.7 Å². The SMILES string of the molecule is COc1cc2nc3c(c(N[C@@H]4CCCCN(C)C4)c2nc1OC)CCC3. The van der Waals surface area contributed by atoms with Gasteiger partial charge < -0.3 is 19.7 Å². The van der Waals surface area contributed by atoms with Gasteiger partial charge in [-0.2, -0.15) is 0 Å². The first-order valence-corrected chi connectivity index (χ1v) is 9.59. The number of fused-ring (bicyclic) bond motifs is 2. The van der Waals surface area contributed by atoms with Crippen LogP contribution in [0, 0.1) is 0 Å². The van der Waals surface area contributed by atoms with E-state index in [1.54, 1.807) is 14.2 Å². The van der Waals surface area contributed by atoms with Gasteiger partial charge in [0, 0.05) is 24.3 Å². The number of rotatable bonds is 4. The van der Waals surface area contributed by atoms with E-state index in [2.05, 4.69) is 17.3 Å². The molecule has 2 aliphatic rings. The van der Waals surface area contributed by atoms with Gasteiger partial charge in [0.2, 0.25) is 0 Å². The third kappa shape index (κ3) is 3.18. The van der Waals surface area contributed by atoms with Crippen LogP contribution in [0.25, 0.3) is 11.0 Å². The zero-order valence-corrected chi connectivity index (χ0v) is 16.0. The molecule has 1 aliphatic heterocycles. The van der Waals surface area contributed by atoms with Crippen molar-refractivity contribution in [1.82, 2.24) is 14.9 Å². The number of ether oxygens (including phenoxy) is 2. The fraction of sp³-hybridized carbons (Fsp3) is 0.600. The molecule has 1 fully saturated rings. The first kappa shape index (κ1) is 17.3. The first-order chi connectivity index (χ1) is 12.7. The van der Waals surface area contributed by atoms with Gasteiger partial charge in [0.1, 0.15) is 5.52 Å². The van der Waals surface area contributed by atoms with E-state index in [9.17, 15) is 0 Å². The summed E-state index contributed by atoms with van der Waals surface area (Å²) >= 11 is 0. The second kappa shape index (κ2) is 7.27. The molecule has 1 atom stereocenters. The minimum atomic E-state index is 0.438. The lowest BCUT2D eigenvalue weighted by molar-refractivity contribution is 0.339. The van der Waals surface area contributed by atoms with Crippen LogP contribution in [0.3, 0.4) is 0 Å². The molecular formula is C20H28N4O2. The van der Waals surface area contributed by atoms with Gasteiger partial charge in [0.15, 0.2) is 5.75 Å². The van der Waals surface area contributed by atoms with Crippen LogP contribution in [0.2, 0.25) is 0 Å². The van der Waals surface area contributed by atoms with Crippen molar-refractivity contribution in [2.45, 2.75) is 44.6 Å². The number of nitrogens with zero attached hydrogens (tertiary/aromatic N) is 3. The fourth-order valence-electron chi connectivity index (χ4n) is 4.25. The maximum absolute atomic E-state index is 5.45. The summed E-state index contributed by atoms with van der Waals surface area (Å²) in [7, 11) is 5.48. The highest BCUT2D eigenvalue weighted by molar-refractivity contribution is 5.92. The molecule has 2 aromatic heterocycles. The van der Waals surface area contributed by atoms with Crippen molar-refractivity contribution < 1.29 is 9.47 Å². The van der Waals surface area contributed by atoms with Gasteiger partial charge in [0.25, 0.3) is 5.88 Å². The quantitative estimate of drug-likeness (QED) is 0.909. The molecule has 6 heteroatoms. The van der Waals surface area contributed by atoms with Crippen LogP contribution < -0.4 is 14.8 Å². The van der Waals surface area contributed by atoms with Gasteiger partial charge in [-0.15, -0.1) is 0 Å². The number of nitrogens with one attached hydrogen (secondary N) is 1. The Bertz CT molecular complexity index is 808. The number of aryl methyl sites for hydroxylation is 1. The zero-order valence-electron chi connectivity index (χ0n) is 16.0. The number of likely N-dealkylation sites (tertiary alicyclic amines) is 1. The van der Waals surface area contributed by atoms with Gasteiger partial charge in [-0.05, 0) is 51.3 Å². The lowest BCUT2D eigenvalue weighted by Gasteiger charge is -2.24. The zero-order chi connectivity index (χ0) is 18.1. The minimum absolute atomic E-state index is 0.438. The average molecular weight is 356 g/mol. The molecule has 1 saturated heterocycles. The van der Waals surface area contributed by atoms with E-state index >= 15 is 0 Å². The molecular weight excluding hydrogens is 328 g/mol. The molecule has 1 aliphatic carbocycles. The van der Waals surface area contributed by atoms with Crippen molar-refractivity contribution in [2.24, 2.45) is 0 Å². The molecule has 26 heavy (non-hydrogen) atoms. The normalized spacial score (nSPS) is 20.7. The number of methoxy groups -OCH3 is 2. The average Bonchev–Trinajstić information content (AvgIpc) is 3.02. The van der Waals surface area contributed by atoms with Crippen molar-refractivity contribution in [3.63, 3.8) is 0 Å². The molecule has 1 N–H and O–H groups in total. The number of hydrogen-bond donors (Lipinski definition) is 1. The van der Waals surface area contributed by atoms with Crippen molar-refractivity contribution in [3.8, 4) is 11.6 Å². The molecule has 2 aromatic rings. The molecule has 0 aromatic carbocycles. The van der Waals surface area contributed by atoms with E-state index in [4.69, 9.17) is 19.4 Å². The Labute approximate surface area is 154 Å². The smallest absolute Gasteiger partial charge is 0.257 e. The summed E-state index contributed by atoms with van der Waals surface area (Å²) in [6, 6.07) is 2.39. The standard InChI is InChI=1S/C20H28N4O2/c1-24-10-5-4-7-13(12-24)21-18-14-8-6-9-15(14)22-16-11-17(25-2)20(26-3)23-19(16)18/h11,13H,4-10,12H2,1-3H3,(H,21,22)/t13-/m1/s1. The Morgan fingerprint density at radius 1 is 1.12 bits per heavy atom. The van der Waals surface area contributed by atoms with Crippen LogP contribution in [0.15, 0.2) is 6.07 Å². The molecule has 0 unspecified atom stereocenters. The predicted molar refractivity (Wildman–Crippen MR) is 103 cm³/mol. The second-order valence-corrected chi connectivity index (χ2v) is 7.43. The Hall–Kier alpha value is -2.08. The molecule has 0 amide bonds. The second-order valence-electron chi connectivity index (χ2n) is 7.43. The number of anilines is 1. The summed E-state index contributed by atoms with van der Waals surface area (Å²) in [6.45, 7) is 2.24. The third-order valence-corrected chi connectivity index (χ3v) is 5.55. The van der Waals surface area contributed by atoms with E-state index in [0.29, 0.717) is 17.7 Å². The van der Waals surface area contributed by atoms with Gasteiger partial charge in [-0.1, -0.05) is 6.42 Å². The van der Waals surface area contributed by atoms with Crippen LogP contribution >= 0.6 is 0 Å². The van der Waals surface area contributed by atoms with Crippen LogP contribution in [0.5, 0.6) is 11.6 Å². The fourth-order valence-corrected chi connectivity index (χ4v) is 4.25. The number of hydrogen-bond acceptors (Lipinski definition) is 6. The Morgan fingerprint density at radius 2 is 2.00 bits per heavy atom. The maximum atomic E-state index is 5.45. The van der Waals surface area contributed by atoms with Crippen LogP contribution in [-0.2, 0) is 12.8 Å². The van der Waals surface area contributed by atoms with Crippen LogP contribution in [-0.4, -0.2) is 55.3 Å². The molecule has 0 bridgehead atoms. The molecule has 0 spiro atoms. The molecule has 3 heterocycles. The number of likely N-dealkylation sites (N-methyl/N-ethyl adjacent to an activating group) is 1. The van der Waals surface area contributed by atoms with Gasteiger partial charge in [-0.3, -0.25) is 4.98 Å². The van der Waals surface area contributed by atoms with Crippen LogP contribution in [0.4, 0.5) is 5.69 Å². The first-order valence-electron chi connectivity index (χ1n) is 9.59. The van der Waals surface area contributed by atoms with Crippen molar-refractivity contribution in [2.75, 3.05) is 39.7 Å². The molecule has 4 rings (SSSR count). The summed E-state index contributed by atoms with van der Waals surface area (Å²) in [6.07, 6.45) is 6.99. The summed E-state index contributed by atoms with van der Waals surface area (Å²) in [5, 5.41) is 3.84. The lowest BCUT2D eigenvalue weighted by Crippen LogP contribution is -2.33. The Balaban J connectivity index is 1.80. The highest BCUT2D eigenvalue weighted by Gasteiger charge is 2.25. The molecule has 140 valence electrons. The largest absolute Gasteiger partial charge is 0.491 e. The lowest BCUT2D eigenvalue weighted by atomic mass is 10.1. The van der Waals surface area contributed by atoms with Crippen molar-refractivity contribution in [3.05, 3.63) is 17.3 Å². The van der Waals surface area contributed by atoms with E-state index < -0.39 is 0 Å². The van der Waals surface area contributed by atoms with E-state index in [1.807, 2.05) is 6.07 Å². The Morgan fingerprint density at radius 3 is 2.81 bits per heavy atom. The minimum Gasteiger partial charge on any atom is -0.491 e. The van der Waals surface area contributed by atoms with Gasteiger partial charge in [0.05, 0.1) is 25.4 Å².